The molecule has 1 nitrogen and oxygen atoms in total. The highest BCUT2D eigenvalue weighted by atomic mass is 35.5. The molecule has 0 aliphatic carbocycles. The van der Waals surface area contributed by atoms with Crippen LogP contribution in [0, 0.1) is 0 Å². The van der Waals surface area contributed by atoms with Crippen molar-refractivity contribution in [3.8, 4) is 0 Å². The summed E-state index contributed by atoms with van der Waals surface area (Å²) in [6.45, 7) is 4.29. The van der Waals surface area contributed by atoms with E-state index in [0.717, 1.165) is 12.0 Å². The standard InChI is InChI=1S/C17H19Cl2N/c1-12(11-14-7-4-3-5-8-14)20-13(2)15-9-6-10-16(18)17(15)19/h3-10,12-13,20H,11H2,1-2H3. The van der Waals surface area contributed by atoms with Crippen LogP contribution in [0.4, 0.5) is 0 Å². The summed E-state index contributed by atoms with van der Waals surface area (Å²) in [5.41, 5.74) is 2.37. The van der Waals surface area contributed by atoms with Crippen LogP contribution in [0.1, 0.15) is 31.0 Å². The van der Waals surface area contributed by atoms with Gasteiger partial charge >= 0.3 is 0 Å². The molecule has 0 aliphatic rings. The Bertz CT molecular complexity index is 554. The number of rotatable bonds is 5. The number of nitrogens with one attached hydrogen (secondary N) is 1. The van der Waals surface area contributed by atoms with Crippen molar-refractivity contribution in [2.45, 2.75) is 32.4 Å². The molecular formula is C17H19Cl2N. The average molecular weight is 308 g/mol. The zero-order valence-corrected chi connectivity index (χ0v) is 13.2. The van der Waals surface area contributed by atoms with Crippen LogP contribution < -0.4 is 5.32 Å². The minimum Gasteiger partial charge on any atom is -0.307 e. The van der Waals surface area contributed by atoms with Gasteiger partial charge in [-0.25, -0.2) is 0 Å². The minimum absolute atomic E-state index is 0.167. The lowest BCUT2D eigenvalue weighted by Gasteiger charge is -2.21. The van der Waals surface area contributed by atoms with Crippen molar-refractivity contribution in [1.82, 2.24) is 5.32 Å². The predicted molar refractivity (Wildman–Crippen MR) is 87.6 cm³/mol. The zero-order valence-electron chi connectivity index (χ0n) is 11.7. The number of hydrogen-bond acceptors (Lipinski definition) is 1. The first-order chi connectivity index (χ1) is 9.58. The Morgan fingerprint density at radius 2 is 1.65 bits per heavy atom. The van der Waals surface area contributed by atoms with Gasteiger partial charge in [0.05, 0.1) is 10.0 Å². The molecule has 2 aromatic rings. The Kier molecular flexibility index (Phi) is 5.47. The van der Waals surface area contributed by atoms with Gasteiger partial charge in [0.1, 0.15) is 0 Å². The van der Waals surface area contributed by atoms with E-state index in [2.05, 4.69) is 43.4 Å². The lowest BCUT2D eigenvalue weighted by Crippen LogP contribution is -2.30. The van der Waals surface area contributed by atoms with Gasteiger partial charge in [-0.1, -0.05) is 65.7 Å². The summed E-state index contributed by atoms with van der Waals surface area (Å²) in [6.07, 6.45) is 0.989. The SMILES string of the molecule is CC(Cc1ccccc1)NC(C)c1cccc(Cl)c1Cl. The Morgan fingerprint density at radius 3 is 2.35 bits per heavy atom. The smallest absolute Gasteiger partial charge is 0.0639 e. The van der Waals surface area contributed by atoms with Crippen molar-refractivity contribution in [3.05, 3.63) is 69.7 Å². The topological polar surface area (TPSA) is 12.0 Å². The second-order valence-corrected chi connectivity index (χ2v) is 5.91. The molecule has 2 aromatic carbocycles. The highest BCUT2D eigenvalue weighted by Gasteiger charge is 2.14. The Balaban J connectivity index is 2.00. The summed E-state index contributed by atoms with van der Waals surface area (Å²) in [5, 5.41) is 4.81. The van der Waals surface area contributed by atoms with Crippen LogP contribution in [-0.2, 0) is 6.42 Å². The molecule has 2 atom stereocenters. The minimum atomic E-state index is 0.167. The first-order valence-electron chi connectivity index (χ1n) is 6.82. The van der Waals surface area contributed by atoms with Crippen LogP contribution in [0.2, 0.25) is 10.0 Å². The molecule has 0 aliphatic heterocycles. The Labute approximate surface area is 130 Å². The summed E-state index contributed by atoms with van der Waals surface area (Å²) in [4.78, 5) is 0. The van der Waals surface area contributed by atoms with Crippen molar-refractivity contribution in [3.63, 3.8) is 0 Å². The van der Waals surface area contributed by atoms with Gasteiger partial charge < -0.3 is 5.32 Å². The first kappa shape index (κ1) is 15.4. The van der Waals surface area contributed by atoms with E-state index in [1.807, 2.05) is 24.3 Å². The fourth-order valence-electron chi connectivity index (χ4n) is 2.40. The molecule has 106 valence electrons. The third-order valence-corrected chi connectivity index (χ3v) is 4.20. The molecular weight excluding hydrogens is 289 g/mol. The predicted octanol–water partition coefficient (Wildman–Crippen LogP) is 5.28. The Hall–Kier alpha value is -1.02. The monoisotopic (exact) mass is 307 g/mol. The molecule has 3 heteroatoms. The van der Waals surface area contributed by atoms with Crippen LogP contribution in [0.15, 0.2) is 48.5 Å². The van der Waals surface area contributed by atoms with Gasteiger partial charge in [0.2, 0.25) is 0 Å². The van der Waals surface area contributed by atoms with E-state index in [-0.39, 0.29) is 6.04 Å². The van der Waals surface area contributed by atoms with Gasteiger partial charge in [-0.2, -0.15) is 0 Å². The number of benzene rings is 2. The molecule has 0 amide bonds. The van der Waals surface area contributed by atoms with E-state index in [4.69, 9.17) is 23.2 Å². The molecule has 0 spiro atoms. The zero-order chi connectivity index (χ0) is 14.5. The van der Waals surface area contributed by atoms with Gasteiger partial charge in [-0.3, -0.25) is 0 Å². The maximum Gasteiger partial charge on any atom is 0.0639 e. The van der Waals surface area contributed by atoms with Crippen molar-refractivity contribution < 1.29 is 0 Å². The molecule has 0 heterocycles. The van der Waals surface area contributed by atoms with E-state index in [9.17, 15) is 0 Å². The molecule has 0 radical (unpaired) electrons. The molecule has 2 rings (SSSR count). The second-order valence-electron chi connectivity index (χ2n) is 5.12. The van der Waals surface area contributed by atoms with Gasteiger partial charge in [0, 0.05) is 12.1 Å². The molecule has 2 unspecified atom stereocenters. The first-order valence-corrected chi connectivity index (χ1v) is 7.57. The summed E-state index contributed by atoms with van der Waals surface area (Å²) < 4.78 is 0. The van der Waals surface area contributed by atoms with Gasteiger partial charge in [-0.15, -0.1) is 0 Å². The Morgan fingerprint density at radius 1 is 0.950 bits per heavy atom. The van der Waals surface area contributed by atoms with Gasteiger partial charge in [0.15, 0.2) is 0 Å². The molecule has 1 N–H and O–H groups in total. The largest absolute Gasteiger partial charge is 0.307 e. The fraction of sp³-hybridized carbons (Fsp3) is 0.294. The highest BCUT2D eigenvalue weighted by Crippen LogP contribution is 2.30. The molecule has 0 aromatic heterocycles. The van der Waals surface area contributed by atoms with E-state index in [0.29, 0.717) is 16.1 Å². The lowest BCUT2D eigenvalue weighted by atomic mass is 10.0. The maximum absolute atomic E-state index is 6.26. The number of halogens is 2. The highest BCUT2D eigenvalue weighted by molar-refractivity contribution is 6.42. The van der Waals surface area contributed by atoms with E-state index in [1.54, 1.807) is 0 Å². The fourth-order valence-corrected chi connectivity index (χ4v) is 2.87. The van der Waals surface area contributed by atoms with E-state index in [1.165, 1.54) is 5.56 Å². The van der Waals surface area contributed by atoms with Crippen LogP contribution >= 0.6 is 23.2 Å². The van der Waals surface area contributed by atoms with Crippen LogP contribution in [0.25, 0.3) is 0 Å². The summed E-state index contributed by atoms with van der Waals surface area (Å²) >= 11 is 12.3. The summed E-state index contributed by atoms with van der Waals surface area (Å²) in [6, 6.07) is 16.8. The average Bonchev–Trinajstić information content (AvgIpc) is 2.42. The van der Waals surface area contributed by atoms with Crippen molar-refractivity contribution in [2.75, 3.05) is 0 Å². The van der Waals surface area contributed by atoms with E-state index >= 15 is 0 Å². The molecule has 0 bridgehead atoms. The molecule has 0 saturated carbocycles. The molecule has 20 heavy (non-hydrogen) atoms. The summed E-state index contributed by atoms with van der Waals surface area (Å²) in [7, 11) is 0. The summed E-state index contributed by atoms with van der Waals surface area (Å²) in [5.74, 6) is 0. The van der Waals surface area contributed by atoms with Crippen molar-refractivity contribution in [2.24, 2.45) is 0 Å². The van der Waals surface area contributed by atoms with Crippen LogP contribution in [0.3, 0.4) is 0 Å². The normalized spacial score (nSPS) is 14.0. The maximum atomic E-state index is 6.26. The van der Waals surface area contributed by atoms with Crippen molar-refractivity contribution >= 4 is 23.2 Å². The van der Waals surface area contributed by atoms with Gasteiger partial charge in [-0.05, 0) is 37.5 Å². The second kappa shape index (κ2) is 7.12. The van der Waals surface area contributed by atoms with Crippen LogP contribution in [-0.4, -0.2) is 6.04 Å². The van der Waals surface area contributed by atoms with Crippen LogP contribution in [0.5, 0.6) is 0 Å². The molecule has 0 fully saturated rings. The third-order valence-electron chi connectivity index (χ3n) is 3.37. The number of hydrogen-bond donors (Lipinski definition) is 1. The lowest BCUT2D eigenvalue weighted by molar-refractivity contribution is 0.477. The van der Waals surface area contributed by atoms with Crippen molar-refractivity contribution in [1.29, 1.82) is 0 Å². The van der Waals surface area contributed by atoms with E-state index < -0.39 is 0 Å². The third kappa shape index (κ3) is 3.99. The quantitative estimate of drug-likeness (QED) is 0.793. The van der Waals surface area contributed by atoms with Gasteiger partial charge in [0.25, 0.3) is 0 Å². The molecule has 0 saturated heterocycles.